The molecule has 0 radical (unpaired) electrons. The third kappa shape index (κ3) is 2.89. The largest absolute Gasteiger partial charge is 0.480 e. The zero-order chi connectivity index (χ0) is 13.8. The van der Waals surface area contributed by atoms with Crippen molar-refractivity contribution in [2.75, 3.05) is 12.4 Å². The van der Waals surface area contributed by atoms with E-state index in [1.54, 1.807) is 6.07 Å². The van der Waals surface area contributed by atoms with E-state index in [4.69, 9.17) is 16.3 Å². The highest BCUT2D eigenvalue weighted by Gasteiger charge is 2.11. The normalized spacial score (nSPS) is 10.0. The van der Waals surface area contributed by atoms with Gasteiger partial charge in [0, 0.05) is 18.5 Å². The minimum atomic E-state index is -0.498. The van der Waals surface area contributed by atoms with E-state index >= 15 is 0 Å². The van der Waals surface area contributed by atoms with Gasteiger partial charge in [-0.25, -0.2) is 9.97 Å². The lowest BCUT2D eigenvalue weighted by atomic mass is 10.3. The highest BCUT2D eigenvalue weighted by Crippen LogP contribution is 2.31. The SMILES string of the molecule is COc1nccc(Nc2cc([N+](=O)[O-])ccn2)c1Cl. The van der Waals surface area contributed by atoms with Gasteiger partial charge in [-0.3, -0.25) is 10.1 Å². The fraction of sp³-hybridized carbons (Fsp3) is 0.0909. The van der Waals surface area contributed by atoms with Crippen LogP contribution >= 0.6 is 11.6 Å². The summed E-state index contributed by atoms with van der Waals surface area (Å²) in [7, 11) is 1.45. The Hall–Kier alpha value is -2.41. The first-order valence-corrected chi connectivity index (χ1v) is 5.55. The molecule has 2 aromatic rings. The number of rotatable bonds is 4. The van der Waals surface area contributed by atoms with Crippen LogP contribution in [0.15, 0.2) is 30.6 Å². The summed E-state index contributed by atoms with van der Waals surface area (Å²) in [4.78, 5) is 18.1. The Morgan fingerprint density at radius 1 is 1.37 bits per heavy atom. The maximum Gasteiger partial charge on any atom is 0.274 e. The van der Waals surface area contributed by atoms with Crippen LogP contribution in [-0.2, 0) is 0 Å². The number of nitrogens with one attached hydrogen (secondary N) is 1. The molecule has 0 aromatic carbocycles. The van der Waals surface area contributed by atoms with E-state index in [1.807, 2.05) is 0 Å². The summed E-state index contributed by atoms with van der Waals surface area (Å²) in [5, 5.41) is 13.8. The van der Waals surface area contributed by atoms with Crippen molar-refractivity contribution in [3.05, 3.63) is 45.7 Å². The van der Waals surface area contributed by atoms with Gasteiger partial charge in [0.25, 0.3) is 5.69 Å². The van der Waals surface area contributed by atoms with Gasteiger partial charge in [0.1, 0.15) is 10.8 Å². The van der Waals surface area contributed by atoms with Gasteiger partial charge in [-0.2, -0.15) is 0 Å². The number of hydrogen-bond donors (Lipinski definition) is 1. The second-order valence-corrected chi connectivity index (χ2v) is 3.84. The molecular weight excluding hydrogens is 272 g/mol. The van der Waals surface area contributed by atoms with Crippen molar-refractivity contribution < 1.29 is 9.66 Å². The van der Waals surface area contributed by atoms with Crippen molar-refractivity contribution in [2.45, 2.75) is 0 Å². The Morgan fingerprint density at radius 3 is 2.79 bits per heavy atom. The average molecular weight is 281 g/mol. The van der Waals surface area contributed by atoms with Gasteiger partial charge < -0.3 is 10.1 Å². The van der Waals surface area contributed by atoms with Crippen LogP contribution in [0, 0.1) is 10.1 Å². The first-order chi connectivity index (χ1) is 9.11. The smallest absolute Gasteiger partial charge is 0.274 e. The number of methoxy groups -OCH3 is 1. The number of pyridine rings is 2. The van der Waals surface area contributed by atoms with Crippen molar-refractivity contribution in [2.24, 2.45) is 0 Å². The van der Waals surface area contributed by atoms with E-state index in [1.165, 1.54) is 31.6 Å². The van der Waals surface area contributed by atoms with Crippen LogP contribution in [-0.4, -0.2) is 22.0 Å². The number of nitrogens with zero attached hydrogens (tertiary/aromatic N) is 3. The number of ether oxygens (including phenoxy) is 1. The minimum Gasteiger partial charge on any atom is -0.480 e. The van der Waals surface area contributed by atoms with Crippen LogP contribution in [0.2, 0.25) is 5.02 Å². The fourth-order valence-corrected chi connectivity index (χ4v) is 1.64. The van der Waals surface area contributed by atoms with E-state index < -0.39 is 4.92 Å². The molecule has 2 aromatic heterocycles. The first kappa shape index (κ1) is 13.0. The van der Waals surface area contributed by atoms with Gasteiger partial charge in [0.05, 0.1) is 23.8 Å². The summed E-state index contributed by atoms with van der Waals surface area (Å²) in [6.45, 7) is 0. The molecule has 8 heteroatoms. The van der Waals surface area contributed by atoms with Crippen molar-refractivity contribution in [3.8, 4) is 5.88 Å². The predicted molar refractivity (Wildman–Crippen MR) is 70.0 cm³/mol. The van der Waals surface area contributed by atoms with E-state index in [9.17, 15) is 10.1 Å². The molecule has 2 heterocycles. The molecule has 0 aliphatic carbocycles. The van der Waals surface area contributed by atoms with Crippen LogP contribution in [0.1, 0.15) is 0 Å². The molecule has 19 heavy (non-hydrogen) atoms. The summed E-state index contributed by atoms with van der Waals surface area (Å²) in [6, 6.07) is 4.23. The topological polar surface area (TPSA) is 90.2 Å². The van der Waals surface area contributed by atoms with Gasteiger partial charge >= 0.3 is 0 Å². The molecule has 0 atom stereocenters. The Balaban J connectivity index is 2.31. The second kappa shape index (κ2) is 5.49. The van der Waals surface area contributed by atoms with Gasteiger partial charge in [-0.05, 0) is 6.07 Å². The first-order valence-electron chi connectivity index (χ1n) is 5.18. The molecule has 0 fully saturated rings. The molecule has 2 rings (SSSR count). The molecule has 0 bridgehead atoms. The van der Waals surface area contributed by atoms with Crippen LogP contribution in [0.5, 0.6) is 5.88 Å². The lowest BCUT2D eigenvalue weighted by molar-refractivity contribution is -0.384. The van der Waals surface area contributed by atoms with Crippen LogP contribution in [0.4, 0.5) is 17.2 Å². The third-order valence-corrected chi connectivity index (χ3v) is 2.63. The highest BCUT2D eigenvalue weighted by molar-refractivity contribution is 6.34. The van der Waals surface area contributed by atoms with Gasteiger partial charge in [-0.1, -0.05) is 11.6 Å². The van der Waals surface area contributed by atoms with Crippen LogP contribution in [0.25, 0.3) is 0 Å². The summed E-state index contributed by atoms with van der Waals surface area (Å²) in [5.74, 6) is 0.571. The Morgan fingerprint density at radius 2 is 2.11 bits per heavy atom. The molecule has 0 amide bonds. The number of aromatic nitrogens is 2. The van der Waals surface area contributed by atoms with E-state index in [2.05, 4.69) is 15.3 Å². The fourth-order valence-electron chi connectivity index (χ4n) is 1.40. The quantitative estimate of drug-likeness (QED) is 0.684. The van der Waals surface area contributed by atoms with E-state index in [0.717, 1.165) is 0 Å². The summed E-state index contributed by atoms with van der Waals surface area (Å²) >= 11 is 6.05. The highest BCUT2D eigenvalue weighted by atomic mass is 35.5. The number of halogens is 1. The van der Waals surface area contributed by atoms with Crippen LogP contribution < -0.4 is 10.1 Å². The summed E-state index contributed by atoms with van der Waals surface area (Å²) in [5.41, 5.74) is 0.441. The second-order valence-electron chi connectivity index (χ2n) is 3.46. The Labute approximate surface area is 113 Å². The predicted octanol–water partition coefficient (Wildman–Crippen LogP) is 2.79. The number of anilines is 2. The molecule has 98 valence electrons. The lowest BCUT2D eigenvalue weighted by Crippen LogP contribution is -1.98. The molecule has 0 saturated heterocycles. The van der Waals surface area contributed by atoms with Crippen molar-refractivity contribution in [1.82, 2.24) is 9.97 Å². The molecule has 0 spiro atoms. The Bertz CT molecular complexity index is 621. The van der Waals surface area contributed by atoms with Crippen LogP contribution in [0.3, 0.4) is 0 Å². The molecule has 0 aliphatic rings. The summed E-state index contributed by atoms with van der Waals surface area (Å²) < 4.78 is 4.97. The van der Waals surface area contributed by atoms with Gasteiger partial charge in [-0.15, -0.1) is 0 Å². The molecular formula is C11H9ClN4O3. The molecule has 0 unspecified atom stereocenters. The standard InChI is InChI=1S/C11H9ClN4O3/c1-19-11-10(12)8(3-5-14-11)15-9-6-7(16(17)18)2-4-13-9/h2-6H,1H3,(H,13,14,15). The maximum absolute atomic E-state index is 10.7. The minimum absolute atomic E-state index is 0.0605. The molecule has 0 aliphatic heterocycles. The zero-order valence-electron chi connectivity index (χ0n) is 9.83. The maximum atomic E-state index is 10.7. The van der Waals surface area contributed by atoms with Crippen molar-refractivity contribution in [1.29, 1.82) is 0 Å². The molecule has 7 nitrogen and oxygen atoms in total. The zero-order valence-corrected chi connectivity index (χ0v) is 10.6. The third-order valence-electron chi connectivity index (χ3n) is 2.27. The van der Waals surface area contributed by atoms with E-state index in [-0.39, 0.29) is 16.6 Å². The average Bonchev–Trinajstić information content (AvgIpc) is 2.41. The van der Waals surface area contributed by atoms with Crippen molar-refractivity contribution in [3.63, 3.8) is 0 Å². The van der Waals surface area contributed by atoms with Gasteiger partial charge in [0.2, 0.25) is 5.88 Å². The number of nitro groups is 1. The van der Waals surface area contributed by atoms with Gasteiger partial charge in [0.15, 0.2) is 0 Å². The summed E-state index contributed by atoms with van der Waals surface area (Å²) in [6.07, 6.45) is 2.84. The molecule has 1 N–H and O–H groups in total. The molecule has 0 saturated carbocycles. The van der Waals surface area contributed by atoms with E-state index in [0.29, 0.717) is 11.5 Å². The van der Waals surface area contributed by atoms with Crippen molar-refractivity contribution >= 4 is 28.8 Å². The lowest BCUT2D eigenvalue weighted by Gasteiger charge is -2.09. The number of hydrogen-bond acceptors (Lipinski definition) is 6. The monoisotopic (exact) mass is 280 g/mol. The Kier molecular flexibility index (Phi) is 3.76.